The van der Waals surface area contributed by atoms with Crippen molar-refractivity contribution in [3.05, 3.63) is 76.0 Å². The fourth-order valence-electron chi connectivity index (χ4n) is 1.84. The van der Waals surface area contributed by atoms with Crippen molar-refractivity contribution in [3.8, 4) is 0 Å². The maximum Gasteiger partial charge on any atom is 0.331 e. The van der Waals surface area contributed by atoms with Crippen LogP contribution < -0.4 is 5.32 Å². The molecule has 0 radical (unpaired) electrons. The maximum absolute atomic E-state index is 13.4. The summed E-state index contributed by atoms with van der Waals surface area (Å²) in [5.41, 5.74) is 1.18. The zero-order chi connectivity index (χ0) is 17.4. The zero-order valence-corrected chi connectivity index (χ0v) is 14.3. The molecule has 4 nitrogen and oxygen atoms in total. The maximum atomic E-state index is 13.4. The lowest BCUT2D eigenvalue weighted by molar-refractivity contribution is -0.143. The predicted molar refractivity (Wildman–Crippen MR) is 92.4 cm³/mol. The molecule has 0 spiro atoms. The molecule has 2 rings (SSSR count). The van der Waals surface area contributed by atoms with E-state index in [1.54, 1.807) is 24.3 Å². The van der Waals surface area contributed by atoms with E-state index in [2.05, 4.69) is 21.2 Å². The van der Waals surface area contributed by atoms with Crippen LogP contribution in [-0.2, 0) is 20.9 Å². The molecule has 0 saturated heterocycles. The Labute approximate surface area is 147 Å². The average Bonchev–Trinajstić information content (AvgIpc) is 2.58. The summed E-state index contributed by atoms with van der Waals surface area (Å²) < 4.78 is 19.1. The number of nitrogens with one attached hydrogen (secondary N) is 1. The van der Waals surface area contributed by atoms with Crippen molar-refractivity contribution < 1.29 is 18.7 Å². The fraction of sp³-hybridized carbons (Fsp3) is 0.111. The molecule has 1 N–H and O–H groups in total. The van der Waals surface area contributed by atoms with Gasteiger partial charge in [-0.3, -0.25) is 4.79 Å². The largest absolute Gasteiger partial charge is 0.452 e. The Bertz CT molecular complexity index is 761. The molecular weight excluding hydrogens is 377 g/mol. The van der Waals surface area contributed by atoms with Crippen LogP contribution in [0.1, 0.15) is 11.1 Å². The predicted octanol–water partition coefficient (Wildman–Crippen LogP) is 3.46. The smallest absolute Gasteiger partial charge is 0.331 e. The zero-order valence-electron chi connectivity index (χ0n) is 12.7. The highest BCUT2D eigenvalue weighted by atomic mass is 79.9. The third-order valence-electron chi connectivity index (χ3n) is 3.08. The lowest BCUT2D eigenvalue weighted by atomic mass is 10.2. The first kappa shape index (κ1) is 17.9. The van der Waals surface area contributed by atoms with E-state index < -0.39 is 24.3 Å². The van der Waals surface area contributed by atoms with Crippen LogP contribution in [0.15, 0.2) is 59.1 Å². The molecular formula is C18H15BrFNO3. The Balaban J connectivity index is 1.76. The topological polar surface area (TPSA) is 55.4 Å². The summed E-state index contributed by atoms with van der Waals surface area (Å²) in [6, 6.07) is 13.5. The second-order valence-corrected chi connectivity index (χ2v) is 5.69. The Kier molecular flexibility index (Phi) is 6.69. The second-order valence-electron chi connectivity index (χ2n) is 4.83. The molecule has 6 heteroatoms. The molecule has 0 aliphatic rings. The SMILES string of the molecule is O=C(COC(=O)/C=C/c1ccccc1Br)NCc1ccccc1F. The second kappa shape index (κ2) is 8.98. The number of ether oxygens (including phenoxy) is 1. The third-order valence-corrected chi connectivity index (χ3v) is 3.81. The quantitative estimate of drug-likeness (QED) is 0.605. The van der Waals surface area contributed by atoms with E-state index in [9.17, 15) is 14.0 Å². The molecule has 0 bridgehead atoms. The van der Waals surface area contributed by atoms with Crippen LogP contribution in [0.25, 0.3) is 6.08 Å². The number of esters is 1. The lowest BCUT2D eigenvalue weighted by Gasteiger charge is -2.06. The van der Waals surface area contributed by atoms with Crippen LogP contribution in [0.4, 0.5) is 4.39 Å². The van der Waals surface area contributed by atoms with E-state index in [1.807, 2.05) is 24.3 Å². The molecule has 2 aromatic rings. The first-order valence-corrected chi connectivity index (χ1v) is 7.95. The molecule has 0 aliphatic carbocycles. The summed E-state index contributed by atoms with van der Waals surface area (Å²) in [6.07, 6.45) is 2.83. The van der Waals surface area contributed by atoms with E-state index in [-0.39, 0.29) is 6.54 Å². The summed E-state index contributed by atoms with van der Waals surface area (Å²) in [6.45, 7) is -0.385. The van der Waals surface area contributed by atoms with Crippen molar-refractivity contribution in [3.63, 3.8) is 0 Å². The average molecular weight is 392 g/mol. The van der Waals surface area contributed by atoms with Crippen molar-refractivity contribution in [2.75, 3.05) is 6.61 Å². The van der Waals surface area contributed by atoms with E-state index in [4.69, 9.17) is 4.74 Å². The molecule has 1 amide bonds. The molecule has 0 aromatic heterocycles. The van der Waals surface area contributed by atoms with E-state index in [0.29, 0.717) is 5.56 Å². The normalized spacial score (nSPS) is 10.6. The number of amides is 1. The van der Waals surface area contributed by atoms with Gasteiger partial charge in [-0.1, -0.05) is 52.3 Å². The highest BCUT2D eigenvalue weighted by molar-refractivity contribution is 9.10. The molecule has 0 unspecified atom stereocenters. The van der Waals surface area contributed by atoms with Crippen LogP contribution in [-0.4, -0.2) is 18.5 Å². The summed E-state index contributed by atoms with van der Waals surface area (Å²) in [7, 11) is 0. The van der Waals surface area contributed by atoms with Gasteiger partial charge in [0, 0.05) is 22.7 Å². The van der Waals surface area contributed by atoms with Gasteiger partial charge in [-0.2, -0.15) is 0 Å². The molecule has 124 valence electrons. The van der Waals surface area contributed by atoms with Crippen LogP contribution in [0, 0.1) is 5.82 Å². The van der Waals surface area contributed by atoms with Crippen molar-refractivity contribution in [2.45, 2.75) is 6.54 Å². The molecule has 2 aromatic carbocycles. The lowest BCUT2D eigenvalue weighted by Crippen LogP contribution is -2.28. The van der Waals surface area contributed by atoms with Gasteiger partial charge in [-0.15, -0.1) is 0 Å². The number of benzene rings is 2. The van der Waals surface area contributed by atoms with E-state index >= 15 is 0 Å². The molecule has 0 fully saturated rings. The van der Waals surface area contributed by atoms with Crippen LogP contribution in [0.3, 0.4) is 0 Å². The molecule has 0 aliphatic heterocycles. The van der Waals surface area contributed by atoms with Gasteiger partial charge in [-0.25, -0.2) is 9.18 Å². The minimum absolute atomic E-state index is 0.0376. The minimum Gasteiger partial charge on any atom is -0.452 e. The number of rotatable bonds is 6. The van der Waals surface area contributed by atoms with Gasteiger partial charge in [0.05, 0.1) is 0 Å². The van der Waals surface area contributed by atoms with Crippen LogP contribution in [0.2, 0.25) is 0 Å². The van der Waals surface area contributed by atoms with E-state index in [1.165, 1.54) is 12.1 Å². The number of carbonyl (C=O) groups is 2. The third kappa shape index (κ3) is 5.62. The Morgan fingerprint density at radius 1 is 1.12 bits per heavy atom. The van der Waals surface area contributed by atoms with Crippen LogP contribution >= 0.6 is 15.9 Å². The number of carbonyl (C=O) groups excluding carboxylic acids is 2. The number of hydrogen-bond acceptors (Lipinski definition) is 3. The summed E-state index contributed by atoms with van der Waals surface area (Å²) in [4.78, 5) is 23.2. The molecule has 0 saturated carbocycles. The standard InChI is InChI=1S/C18H15BrFNO3/c19-15-7-3-1-5-13(15)9-10-18(23)24-12-17(22)21-11-14-6-2-4-8-16(14)20/h1-10H,11-12H2,(H,21,22)/b10-9+. The van der Waals surface area contributed by atoms with Crippen molar-refractivity contribution in [1.29, 1.82) is 0 Å². The van der Waals surface area contributed by atoms with Gasteiger partial charge in [0.25, 0.3) is 5.91 Å². The molecule has 0 heterocycles. The Hall–Kier alpha value is -2.47. The Morgan fingerprint density at radius 2 is 1.83 bits per heavy atom. The van der Waals surface area contributed by atoms with Crippen molar-refractivity contribution >= 4 is 33.9 Å². The van der Waals surface area contributed by atoms with Crippen LogP contribution in [0.5, 0.6) is 0 Å². The summed E-state index contributed by atoms with van der Waals surface area (Å²) in [5, 5.41) is 2.49. The minimum atomic E-state index is -0.633. The van der Waals surface area contributed by atoms with Gasteiger partial charge in [-0.05, 0) is 23.8 Å². The monoisotopic (exact) mass is 391 g/mol. The van der Waals surface area contributed by atoms with Gasteiger partial charge >= 0.3 is 5.97 Å². The van der Waals surface area contributed by atoms with Crippen molar-refractivity contribution in [2.24, 2.45) is 0 Å². The first-order valence-electron chi connectivity index (χ1n) is 7.16. The van der Waals surface area contributed by atoms with Gasteiger partial charge in [0.1, 0.15) is 5.82 Å². The molecule has 0 atom stereocenters. The highest BCUT2D eigenvalue weighted by Crippen LogP contribution is 2.17. The number of hydrogen-bond donors (Lipinski definition) is 1. The van der Waals surface area contributed by atoms with Gasteiger partial charge in [0.15, 0.2) is 6.61 Å². The fourth-order valence-corrected chi connectivity index (χ4v) is 2.26. The summed E-state index contributed by atoms with van der Waals surface area (Å²) >= 11 is 3.36. The Morgan fingerprint density at radius 3 is 2.58 bits per heavy atom. The van der Waals surface area contributed by atoms with E-state index in [0.717, 1.165) is 10.0 Å². The van der Waals surface area contributed by atoms with Crippen molar-refractivity contribution in [1.82, 2.24) is 5.32 Å². The number of halogens is 2. The van der Waals surface area contributed by atoms with Gasteiger partial charge in [0.2, 0.25) is 0 Å². The molecule has 24 heavy (non-hydrogen) atoms. The van der Waals surface area contributed by atoms with Gasteiger partial charge < -0.3 is 10.1 Å². The summed E-state index contributed by atoms with van der Waals surface area (Å²) in [5.74, 6) is -1.53. The highest BCUT2D eigenvalue weighted by Gasteiger charge is 2.07. The first-order chi connectivity index (χ1) is 11.6.